The van der Waals surface area contributed by atoms with Gasteiger partial charge in [0.2, 0.25) is 0 Å². The monoisotopic (exact) mass is 453 g/mol. The molecule has 0 aliphatic heterocycles. The third-order valence-electron chi connectivity index (χ3n) is 5.08. The van der Waals surface area contributed by atoms with Gasteiger partial charge >= 0.3 is 5.97 Å². The van der Waals surface area contributed by atoms with Crippen LogP contribution in [0.1, 0.15) is 27.2 Å². The molecule has 1 N–H and O–H groups in total. The van der Waals surface area contributed by atoms with E-state index in [1.807, 2.05) is 48.5 Å². The molecule has 0 radical (unpaired) electrons. The van der Waals surface area contributed by atoms with Crippen LogP contribution in [0.3, 0.4) is 0 Å². The normalized spacial score (nSPS) is 11.2. The molecule has 0 atom stereocenters. The summed E-state index contributed by atoms with van der Waals surface area (Å²) in [6, 6.07) is 26.1. The van der Waals surface area contributed by atoms with Crippen molar-refractivity contribution >= 4 is 23.2 Å². The Labute approximate surface area is 194 Å². The maximum Gasteiger partial charge on any atom is 0.309 e. The van der Waals surface area contributed by atoms with E-state index in [0.29, 0.717) is 28.2 Å². The Balaban J connectivity index is 1.67. The van der Waals surface area contributed by atoms with Crippen LogP contribution in [0, 0.1) is 11.3 Å². The number of carbonyl (C=O) groups excluding carboxylic acids is 1. The first-order valence-corrected chi connectivity index (χ1v) is 11.0. The highest BCUT2D eigenvalue weighted by Gasteiger charge is 2.12. The third-order valence-corrected chi connectivity index (χ3v) is 5.99. The number of aliphatic carboxylic acids is 1. The SMILES string of the molecule is N#Cc1ccccc1-c1ccc(Cn2c(CC(=O)O)csc2=NC(=O)c2ccccc2)cc1. The molecule has 4 rings (SSSR count). The third kappa shape index (κ3) is 5.14. The van der Waals surface area contributed by atoms with E-state index in [4.69, 9.17) is 0 Å². The summed E-state index contributed by atoms with van der Waals surface area (Å²) in [5.74, 6) is -1.33. The van der Waals surface area contributed by atoms with Gasteiger partial charge < -0.3 is 9.67 Å². The van der Waals surface area contributed by atoms with Crippen LogP contribution in [-0.2, 0) is 17.8 Å². The summed E-state index contributed by atoms with van der Waals surface area (Å²) in [5.41, 5.74) is 4.34. The topological polar surface area (TPSA) is 95.4 Å². The highest BCUT2D eigenvalue weighted by molar-refractivity contribution is 7.07. The zero-order chi connectivity index (χ0) is 23.2. The Bertz CT molecular complexity index is 1410. The van der Waals surface area contributed by atoms with Crippen LogP contribution in [0.15, 0.2) is 89.2 Å². The van der Waals surface area contributed by atoms with E-state index in [1.54, 1.807) is 40.3 Å². The number of thiazole rings is 1. The van der Waals surface area contributed by atoms with Gasteiger partial charge in [-0.25, -0.2) is 0 Å². The van der Waals surface area contributed by atoms with E-state index in [1.165, 1.54) is 11.3 Å². The van der Waals surface area contributed by atoms with Gasteiger partial charge in [0.25, 0.3) is 5.91 Å². The summed E-state index contributed by atoms with van der Waals surface area (Å²) in [4.78, 5) is 28.7. The number of hydrogen-bond acceptors (Lipinski definition) is 4. The van der Waals surface area contributed by atoms with Gasteiger partial charge in [0.05, 0.1) is 24.6 Å². The average molecular weight is 454 g/mol. The summed E-state index contributed by atoms with van der Waals surface area (Å²) < 4.78 is 1.76. The van der Waals surface area contributed by atoms with Crippen LogP contribution in [-0.4, -0.2) is 21.6 Å². The molecule has 3 aromatic carbocycles. The van der Waals surface area contributed by atoms with Gasteiger partial charge in [0.15, 0.2) is 4.80 Å². The van der Waals surface area contributed by atoms with E-state index in [9.17, 15) is 20.0 Å². The molecular weight excluding hydrogens is 434 g/mol. The number of carbonyl (C=O) groups is 2. The van der Waals surface area contributed by atoms with Crippen molar-refractivity contribution in [1.29, 1.82) is 5.26 Å². The molecule has 1 aromatic heterocycles. The number of hydrogen-bond donors (Lipinski definition) is 1. The molecule has 6 nitrogen and oxygen atoms in total. The van der Waals surface area contributed by atoms with Gasteiger partial charge in [-0.1, -0.05) is 60.7 Å². The van der Waals surface area contributed by atoms with Gasteiger partial charge in [-0.15, -0.1) is 11.3 Å². The van der Waals surface area contributed by atoms with Crippen molar-refractivity contribution in [2.75, 3.05) is 0 Å². The minimum absolute atomic E-state index is 0.167. The smallest absolute Gasteiger partial charge is 0.309 e. The minimum Gasteiger partial charge on any atom is -0.481 e. The van der Waals surface area contributed by atoms with Crippen molar-refractivity contribution in [3.8, 4) is 17.2 Å². The van der Waals surface area contributed by atoms with Crippen molar-refractivity contribution in [1.82, 2.24) is 4.57 Å². The van der Waals surface area contributed by atoms with Crippen LogP contribution in [0.4, 0.5) is 0 Å². The fourth-order valence-corrected chi connectivity index (χ4v) is 4.35. The maximum atomic E-state index is 12.6. The van der Waals surface area contributed by atoms with Crippen LogP contribution >= 0.6 is 11.3 Å². The van der Waals surface area contributed by atoms with Crippen molar-refractivity contribution in [2.24, 2.45) is 4.99 Å². The molecule has 0 saturated heterocycles. The molecule has 162 valence electrons. The second-order valence-corrected chi connectivity index (χ2v) is 8.14. The van der Waals surface area contributed by atoms with Gasteiger partial charge in [0.1, 0.15) is 0 Å². The summed E-state index contributed by atoms with van der Waals surface area (Å²) in [5, 5.41) is 20.4. The first-order valence-electron chi connectivity index (χ1n) is 10.2. The van der Waals surface area contributed by atoms with E-state index >= 15 is 0 Å². The molecule has 7 heteroatoms. The standard InChI is InChI=1S/C26H19N3O3S/c27-15-21-8-4-5-9-23(21)19-12-10-18(11-13-19)16-29-22(14-24(30)31)17-33-26(29)28-25(32)20-6-2-1-3-7-20/h1-13,17H,14,16H2,(H,30,31). The molecule has 0 saturated carbocycles. The predicted octanol–water partition coefficient (Wildman–Crippen LogP) is 4.50. The number of amides is 1. The van der Waals surface area contributed by atoms with Crippen LogP contribution in [0.25, 0.3) is 11.1 Å². The molecule has 4 aromatic rings. The number of aromatic nitrogens is 1. The second-order valence-electron chi connectivity index (χ2n) is 7.30. The Kier molecular flexibility index (Phi) is 6.58. The quantitative estimate of drug-likeness (QED) is 0.465. The molecule has 0 fully saturated rings. The molecular formula is C26H19N3O3S. The molecule has 1 amide bonds. The maximum absolute atomic E-state index is 12.6. The van der Waals surface area contributed by atoms with Crippen molar-refractivity contribution in [3.63, 3.8) is 0 Å². The number of rotatable bonds is 6. The highest BCUT2D eigenvalue weighted by atomic mass is 32.1. The fourth-order valence-electron chi connectivity index (χ4n) is 3.46. The molecule has 0 unspecified atom stereocenters. The minimum atomic E-state index is -0.953. The van der Waals surface area contributed by atoms with Gasteiger partial charge in [0, 0.05) is 16.6 Å². The van der Waals surface area contributed by atoms with Gasteiger partial charge in [-0.3, -0.25) is 9.59 Å². The summed E-state index contributed by atoms with van der Waals surface area (Å²) in [6.45, 7) is 0.368. The van der Waals surface area contributed by atoms with E-state index in [0.717, 1.165) is 16.7 Å². The van der Waals surface area contributed by atoms with Crippen molar-refractivity contribution in [2.45, 2.75) is 13.0 Å². The lowest BCUT2D eigenvalue weighted by molar-refractivity contribution is -0.136. The molecule has 0 aliphatic rings. The van der Waals surface area contributed by atoms with Crippen molar-refractivity contribution < 1.29 is 14.7 Å². The number of carboxylic acids is 1. The largest absolute Gasteiger partial charge is 0.481 e. The summed E-state index contributed by atoms with van der Waals surface area (Å²) in [6.07, 6.45) is -0.167. The molecule has 1 heterocycles. The zero-order valence-corrected chi connectivity index (χ0v) is 18.3. The molecule has 0 bridgehead atoms. The Morgan fingerprint density at radius 2 is 1.67 bits per heavy atom. The number of carboxylic acid groups (broad SMARTS) is 1. The highest BCUT2D eigenvalue weighted by Crippen LogP contribution is 2.24. The first-order chi connectivity index (χ1) is 16.0. The number of nitriles is 1. The molecule has 0 spiro atoms. The van der Waals surface area contributed by atoms with Gasteiger partial charge in [-0.05, 0) is 34.9 Å². The van der Waals surface area contributed by atoms with E-state index < -0.39 is 5.97 Å². The Morgan fingerprint density at radius 1 is 0.970 bits per heavy atom. The number of benzene rings is 3. The van der Waals surface area contributed by atoms with Crippen LogP contribution < -0.4 is 4.80 Å². The summed E-state index contributed by atoms with van der Waals surface area (Å²) in [7, 11) is 0. The van der Waals surface area contributed by atoms with Crippen LogP contribution in [0.5, 0.6) is 0 Å². The van der Waals surface area contributed by atoms with Gasteiger partial charge in [-0.2, -0.15) is 10.3 Å². The fraction of sp³-hybridized carbons (Fsp3) is 0.0769. The Hall–Kier alpha value is -4.28. The average Bonchev–Trinajstić information content (AvgIpc) is 3.20. The lowest BCUT2D eigenvalue weighted by Crippen LogP contribution is -2.21. The Morgan fingerprint density at radius 3 is 2.36 bits per heavy atom. The second kappa shape index (κ2) is 9.90. The zero-order valence-electron chi connectivity index (χ0n) is 17.5. The lowest BCUT2D eigenvalue weighted by atomic mass is 9.99. The molecule has 33 heavy (non-hydrogen) atoms. The molecule has 0 aliphatic carbocycles. The first kappa shape index (κ1) is 21.9. The lowest BCUT2D eigenvalue weighted by Gasteiger charge is -2.10. The van der Waals surface area contributed by atoms with E-state index in [2.05, 4.69) is 11.1 Å². The van der Waals surface area contributed by atoms with E-state index in [-0.39, 0.29) is 12.3 Å². The van der Waals surface area contributed by atoms with Crippen molar-refractivity contribution in [3.05, 3.63) is 111 Å². The summed E-state index contributed by atoms with van der Waals surface area (Å²) >= 11 is 1.24. The number of nitrogens with zero attached hydrogens (tertiary/aromatic N) is 3. The van der Waals surface area contributed by atoms with Crippen LogP contribution in [0.2, 0.25) is 0 Å². The predicted molar refractivity (Wildman–Crippen MR) is 126 cm³/mol.